The van der Waals surface area contributed by atoms with Gasteiger partial charge in [0.25, 0.3) is 21.8 Å². The van der Waals surface area contributed by atoms with Crippen LogP contribution in [0, 0.1) is 5.82 Å². The lowest BCUT2D eigenvalue weighted by molar-refractivity contribution is 0.0846. The number of halogens is 1. The van der Waals surface area contributed by atoms with E-state index >= 15 is 0 Å². The van der Waals surface area contributed by atoms with Crippen LogP contribution in [-0.4, -0.2) is 30.6 Å². The average Bonchev–Trinajstić information content (AvgIpc) is 2.75. The van der Waals surface area contributed by atoms with Crippen molar-refractivity contribution in [1.82, 2.24) is 4.31 Å². The summed E-state index contributed by atoms with van der Waals surface area (Å²) in [5.41, 5.74) is 0.0239. The number of amides is 2. The Kier molecular flexibility index (Phi) is 4.08. The highest BCUT2D eigenvalue weighted by Gasteiger charge is 2.42. The van der Waals surface area contributed by atoms with Gasteiger partial charge in [0.15, 0.2) is 0 Å². The number of hydrogen-bond acceptors (Lipinski definition) is 4. The van der Waals surface area contributed by atoms with Crippen LogP contribution in [0.1, 0.15) is 34.6 Å². The van der Waals surface area contributed by atoms with E-state index in [4.69, 9.17) is 0 Å². The molecule has 0 unspecified atom stereocenters. The number of carbonyl (C=O) groups is 2. The van der Waals surface area contributed by atoms with Gasteiger partial charge < -0.3 is 5.32 Å². The van der Waals surface area contributed by atoms with E-state index in [1.807, 2.05) is 0 Å². The summed E-state index contributed by atoms with van der Waals surface area (Å²) >= 11 is 0. The molecule has 130 valence electrons. The van der Waals surface area contributed by atoms with Crippen molar-refractivity contribution in [2.45, 2.75) is 24.8 Å². The maximum Gasteiger partial charge on any atom is 0.269 e. The standard InChI is InChI=1S/C17H15FN2O4S/c1-10(2)20-17(22)12-8-7-11(9-15(12)25(20,23)24)16(21)19-14-6-4-3-5-13(14)18/h3-10H,1-2H3,(H,19,21). The van der Waals surface area contributed by atoms with Crippen LogP contribution in [-0.2, 0) is 10.0 Å². The summed E-state index contributed by atoms with van der Waals surface area (Å²) in [6, 6.07) is 8.87. The van der Waals surface area contributed by atoms with Gasteiger partial charge in [0.2, 0.25) is 0 Å². The molecule has 1 aliphatic rings. The first kappa shape index (κ1) is 17.1. The molecular formula is C17H15FN2O4S. The lowest BCUT2D eigenvalue weighted by atomic mass is 10.1. The second-order valence-electron chi connectivity index (χ2n) is 5.84. The number of nitrogens with one attached hydrogen (secondary N) is 1. The second kappa shape index (κ2) is 5.96. The Balaban J connectivity index is 1.98. The van der Waals surface area contributed by atoms with Crippen LogP contribution in [0.15, 0.2) is 47.4 Å². The normalized spacial score (nSPS) is 15.4. The first-order chi connectivity index (χ1) is 11.7. The number of sulfonamides is 1. The van der Waals surface area contributed by atoms with Crippen molar-refractivity contribution in [3.8, 4) is 0 Å². The predicted octanol–water partition coefficient (Wildman–Crippen LogP) is 2.63. The summed E-state index contributed by atoms with van der Waals surface area (Å²) in [6.45, 7) is 3.18. The van der Waals surface area contributed by atoms with Gasteiger partial charge >= 0.3 is 0 Å². The van der Waals surface area contributed by atoms with Crippen LogP contribution < -0.4 is 5.32 Å². The third kappa shape index (κ3) is 2.78. The first-order valence-electron chi connectivity index (χ1n) is 7.52. The van der Waals surface area contributed by atoms with Crippen LogP contribution in [0.2, 0.25) is 0 Å². The number of rotatable bonds is 3. The van der Waals surface area contributed by atoms with E-state index in [-0.39, 0.29) is 21.7 Å². The molecule has 0 fully saturated rings. The van der Waals surface area contributed by atoms with Crippen LogP contribution >= 0.6 is 0 Å². The number of fused-ring (bicyclic) bond motifs is 1. The monoisotopic (exact) mass is 362 g/mol. The molecule has 1 aliphatic heterocycles. The maximum absolute atomic E-state index is 13.6. The average molecular weight is 362 g/mol. The molecule has 1 heterocycles. The Labute approximate surface area is 144 Å². The van der Waals surface area contributed by atoms with Crippen molar-refractivity contribution in [3.05, 3.63) is 59.4 Å². The quantitative estimate of drug-likeness (QED) is 0.910. The molecule has 2 amide bonds. The Hall–Kier alpha value is -2.74. The molecule has 0 bridgehead atoms. The number of nitrogens with zero attached hydrogens (tertiary/aromatic N) is 1. The highest BCUT2D eigenvalue weighted by molar-refractivity contribution is 7.90. The van der Waals surface area contributed by atoms with Crippen LogP contribution in [0.4, 0.5) is 10.1 Å². The summed E-state index contributed by atoms with van der Waals surface area (Å²) in [4.78, 5) is 24.4. The van der Waals surface area contributed by atoms with Crippen molar-refractivity contribution in [3.63, 3.8) is 0 Å². The lowest BCUT2D eigenvalue weighted by Gasteiger charge is -2.18. The fourth-order valence-corrected chi connectivity index (χ4v) is 4.45. The minimum Gasteiger partial charge on any atom is -0.319 e. The summed E-state index contributed by atoms with van der Waals surface area (Å²) in [7, 11) is -4.00. The summed E-state index contributed by atoms with van der Waals surface area (Å²) in [5.74, 6) is -1.89. The molecule has 3 rings (SSSR count). The molecule has 0 spiro atoms. The second-order valence-corrected chi connectivity index (χ2v) is 7.63. The molecule has 25 heavy (non-hydrogen) atoms. The molecule has 2 aromatic rings. The third-order valence-electron chi connectivity index (χ3n) is 3.80. The smallest absolute Gasteiger partial charge is 0.269 e. The molecule has 8 heteroatoms. The summed E-state index contributed by atoms with van der Waals surface area (Å²) < 4.78 is 39.5. The highest BCUT2D eigenvalue weighted by atomic mass is 32.2. The molecule has 0 saturated heterocycles. The van der Waals surface area contributed by atoms with E-state index in [9.17, 15) is 22.4 Å². The lowest BCUT2D eigenvalue weighted by Crippen LogP contribution is -2.36. The van der Waals surface area contributed by atoms with E-state index in [1.165, 1.54) is 30.3 Å². The Morgan fingerprint density at radius 3 is 2.48 bits per heavy atom. The van der Waals surface area contributed by atoms with E-state index in [0.29, 0.717) is 0 Å². The Bertz CT molecular complexity index is 986. The molecule has 0 aromatic heterocycles. The predicted molar refractivity (Wildman–Crippen MR) is 89.3 cm³/mol. The topological polar surface area (TPSA) is 83.6 Å². The van der Waals surface area contributed by atoms with Gasteiger partial charge in [-0.15, -0.1) is 0 Å². The summed E-state index contributed by atoms with van der Waals surface area (Å²) in [6.07, 6.45) is 0. The van der Waals surface area contributed by atoms with E-state index in [2.05, 4.69) is 5.32 Å². The molecule has 1 N–H and O–H groups in total. The fraction of sp³-hybridized carbons (Fsp3) is 0.176. The molecule has 0 saturated carbocycles. The minimum atomic E-state index is -4.00. The van der Waals surface area contributed by atoms with Crippen molar-refractivity contribution < 1.29 is 22.4 Å². The number of carbonyl (C=O) groups excluding carboxylic acids is 2. The van der Waals surface area contributed by atoms with Crippen molar-refractivity contribution in [2.24, 2.45) is 0 Å². The molecule has 2 aromatic carbocycles. The van der Waals surface area contributed by atoms with Crippen LogP contribution in [0.3, 0.4) is 0 Å². The van der Waals surface area contributed by atoms with Gasteiger partial charge in [0, 0.05) is 11.6 Å². The van der Waals surface area contributed by atoms with Gasteiger partial charge in [-0.1, -0.05) is 12.1 Å². The van der Waals surface area contributed by atoms with Crippen molar-refractivity contribution in [1.29, 1.82) is 0 Å². The zero-order chi connectivity index (χ0) is 18.4. The van der Waals surface area contributed by atoms with Crippen molar-refractivity contribution in [2.75, 3.05) is 5.32 Å². The van der Waals surface area contributed by atoms with E-state index in [0.717, 1.165) is 10.4 Å². The van der Waals surface area contributed by atoms with Crippen LogP contribution in [0.25, 0.3) is 0 Å². The minimum absolute atomic E-state index is 0.0176. The van der Waals surface area contributed by atoms with Gasteiger partial charge in [-0.05, 0) is 44.2 Å². The fourth-order valence-electron chi connectivity index (χ4n) is 2.66. The number of para-hydroxylation sites is 1. The van der Waals surface area contributed by atoms with E-state index in [1.54, 1.807) is 19.9 Å². The SMILES string of the molecule is CC(C)N1C(=O)c2ccc(C(=O)Nc3ccccc3F)cc2S1(=O)=O. The Morgan fingerprint density at radius 2 is 1.84 bits per heavy atom. The number of benzene rings is 2. The maximum atomic E-state index is 13.6. The number of anilines is 1. The zero-order valence-corrected chi connectivity index (χ0v) is 14.3. The third-order valence-corrected chi connectivity index (χ3v) is 5.80. The molecule has 0 aliphatic carbocycles. The zero-order valence-electron chi connectivity index (χ0n) is 13.5. The number of hydrogen-bond donors (Lipinski definition) is 1. The summed E-state index contributed by atoms with van der Waals surface area (Å²) in [5, 5.41) is 2.38. The molecule has 6 nitrogen and oxygen atoms in total. The molecule has 0 atom stereocenters. The Morgan fingerprint density at radius 1 is 1.16 bits per heavy atom. The van der Waals surface area contributed by atoms with Gasteiger partial charge in [-0.25, -0.2) is 17.1 Å². The molecular weight excluding hydrogens is 347 g/mol. The van der Waals surface area contributed by atoms with Gasteiger partial charge in [0.1, 0.15) is 10.7 Å². The van der Waals surface area contributed by atoms with Gasteiger partial charge in [0.05, 0.1) is 11.3 Å². The largest absolute Gasteiger partial charge is 0.319 e. The first-order valence-corrected chi connectivity index (χ1v) is 8.96. The van der Waals surface area contributed by atoms with E-state index < -0.39 is 33.7 Å². The molecule has 0 radical (unpaired) electrons. The van der Waals surface area contributed by atoms with Crippen LogP contribution in [0.5, 0.6) is 0 Å². The highest BCUT2D eigenvalue weighted by Crippen LogP contribution is 2.32. The van der Waals surface area contributed by atoms with Gasteiger partial charge in [-0.3, -0.25) is 9.59 Å². The van der Waals surface area contributed by atoms with Gasteiger partial charge in [-0.2, -0.15) is 0 Å². The van der Waals surface area contributed by atoms with Crippen molar-refractivity contribution >= 4 is 27.5 Å².